The molecule has 6 heteroatoms. The molecule has 0 aliphatic carbocycles. The van der Waals surface area contributed by atoms with Gasteiger partial charge in [-0.05, 0) is 17.7 Å². The number of ether oxygens (including phenoxy) is 3. The van der Waals surface area contributed by atoms with Gasteiger partial charge in [0.2, 0.25) is 0 Å². The lowest BCUT2D eigenvalue weighted by Gasteiger charge is -2.15. The zero-order valence-electron chi connectivity index (χ0n) is 13.3. The largest absolute Gasteiger partial charge is 0.493 e. The highest BCUT2D eigenvalue weighted by Crippen LogP contribution is 2.28. The summed E-state index contributed by atoms with van der Waals surface area (Å²) in [4.78, 5) is 0. The van der Waals surface area contributed by atoms with Crippen molar-refractivity contribution in [3.8, 4) is 11.5 Å². The van der Waals surface area contributed by atoms with Gasteiger partial charge in [-0.3, -0.25) is 0 Å². The molecule has 1 aromatic carbocycles. The smallest absolute Gasteiger partial charge is 0.161 e. The van der Waals surface area contributed by atoms with Crippen molar-refractivity contribution in [2.75, 3.05) is 47.1 Å². The third kappa shape index (κ3) is 4.84. The fourth-order valence-corrected chi connectivity index (χ4v) is 2.51. The summed E-state index contributed by atoms with van der Waals surface area (Å²) in [6.45, 7) is 4.12. The highest BCUT2D eigenvalue weighted by Gasteiger charge is 2.24. The maximum absolute atomic E-state index is 9.76. The van der Waals surface area contributed by atoms with Gasteiger partial charge < -0.3 is 30.0 Å². The molecule has 1 aromatic rings. The van der Waals surface area contributed by atoms with Crippen LogP contribution in [0.2, 0.25) is 0 Å². The second-order valence-corrected chi connectivity index (χ2v) is 5.44. The van der Waals surface area contributed by atoms with Crippen LogP contribution in [0.3, 0.4) is 0 Å². The number of aliphatic hydroxyl groups excluding tert-OH is 1. The molecule has 6 nitrogen and oxygen atoms in total. The van der Waals surface area contributed by atoms with E-state index in [2.05, 4.69) is 10.6 Å². The molecule has 0 amide bonds. The van der Waals surface area contributed by atoms with Crippen molar-refractivity contribution in [3.05, 3.63) is 23.8 Å². The Hall–Kier alpha value is -1.34. The summed E-state index contributed by atoms with van der Waals surface area (Å²) in [7, 11) is 3.28. The van der Waals surface area contributed by atoms with E-state index in [1.807, 2.05) is 18.2 Å². The Labute approximate surface area is 131 Å². The maximum atomic E-state index is 9.76. The molecule has 22 heavy (non-hydrogen) atoms. The molecular formula is C16H26N2O4. The molecule has 3 N–H and O–H groups in total. The second kappa shape index (κ2) is 8.95. The number of methoxy groups -OCH3 is 2. The summed E-state index contributed by atoms with van der Waals surface area (Å²) < 4.78 is 16.0. The van der Waals surface area contributed by atoms with E-state index in [9.17, 15) is 5.11 Å². The first-order chi connectivity index (χ1) is 10.7. The fourth-order valence-electron chi connectivity index (χ4n) is 2.51. The molecular weight excluding hydrogens is 284 g/mol. The Kier molecular flexibility index (Phi) is 6.92. The van der Waals surface area contributed by atoms with Crippen LogP contribution in [0.1, 0.15) is 5.56 Å². The number of β-amino-alcohol motifs (C(OH)–C–C–N with tert-alkyl or cyclic N) is 1. The number of benzene rings is 1. The van der Waals surface area contributed by atoms with Crippen molar-refractivity contribution in [1.29, 1.82) is 0 Å². The van der Waals surface area contributed by atoms with Crippen LogP contribution in [-0.2, 0) is 11.3 Å². The molecule has 0 radical (unpaired) electrons. The minimum absolute atomic E-state index is 0.251. The lowest BCUT2D eigenvalue weighted by molar-refractivity contribution is 0.144. The van der Waals surface area contributed by atoms with E-state index in [1.54, 1.807) is 14.2 Å². The maximum Gasteiger partial charge on any atom is 0.161 e. The molecule has 1 aliphatic heterocycles. The van der Waals surface area contributed by atoms with E-state index < -0.39 is 0 Å². The summed E-state index contributed by atoms with van der Waals surface area (Å²) in [6, 6.07) is 5.90. The van der Waals surface area contributed by atoms with Crippen LogP contribution < -0.4 is 20.1 Å². The molecule has 1 aliphatic rings. The quantitative estimate of drug-likeness (QED) is 0.573. The molecule has 1 fully saturated rings. The molecule has 2 atom stereocenters. The number of hydrogen-bond donors (Lipinski definition) is 3. The van der Waals surface area contributed by atoms with Gasteiger partial charge in [0.25, 0.3) is 0 Å². The summed E-state index contributed by atoms with van der Waals surface area (Å²) in [5.41, 5.74) is 1.12. The van der Waals surface area contributed by atoms with Gasteiger partial charge in [0.15, 0.2) is 11.5 Å². The number of nitrogens with one attached hydrogen (secondary N) is 2. The monoisotopic (exact) mass is 310 g/mol. The van der Waals surface area contributed by atoms with Crippen LogP contribution in [0.25, 0.3) is 0 Å². The minimum Gasteiger partial charge on any atom is -0.493 e. The van der Waals surface area contributed by atoms with Crippen LogP contribution in [0.4, 0.5) is 0 Å². The summed E-state index contributed by atoms with van der Waals surface area (Å²) in [5.74, 6) is 1.72. The second-order valence-electron chi connectivity index (χ2n) is 5.44. The first kappa shape index (κ1) is 17.0. The van der Waals surface area contributed by atoms with Gasteiger partial charge in [0, 0.05) is 39.2 Å². The number of hydrogen-bond acceptors (Lipinski definition) is 6. The summed E-state index contributed by atoms with van der Waals surface area (Å²) in [5, 5.41) is 16.3. The summed E-state index contributed by atoms with van der Waals surface area (Å²) in [6.07, 6.45) is -0.251. The van der Waals surface area contributed by atoms with Crippen LogP contribution >= 0.6 is 0 Å². The van der Waals surface area contributed by atoms with E-state index in [1.165, 1.54) is 0 Å². The molecule has 0 saturated carbocycles. The highest BCUT2D eigenvalue weighted by molar-refractivity contribution is 5.42. The molecule has 2 rings (SSSR count). The van der Waals surface area contributed by atoms with E-state index in [4.69, 9.17) is 14.2 Å². The van der Waals surface area contributed by atoms with Crippen molar-refractivity contribution in [2.24, 2.45) is 5.92 Å². The Bertz CT molecular complexity index is 456. The van der Waals surface area contributed by atoms with Gasteiger partial charge in [-0.2, -0.15) is 0 Å². The first-order valence-corrected chi connectivity index (χ1v) is 7.62. The van der Waals surface area contributed by atoms with Gasteiger partial charge >= 0.3 is 0 Å². The molecule has 0 aromatic heterocycles. The predicted molar refractivity (Wildman–Crippen MR) is 84.4 cm³/mol. The molecule has 124 valence electrons. The standard InChI is InChI=1S/C16H26N2O4/c1-20-5-6-22-15-4-3-12(7-16(15)21-2)8-17-9-13-10-18-11-14(13)19/h3-4,7,13-14,17-19H,5-6,8-11H2,1-2H3. The normalized spacial score (nSPS) is 21.0. The SMILES string of the molecule is COCCOc1ccc(CNCC2CNCC2O)cc1OC. The summed E-state index contributed by atoms with van der Waals surface area (Å²) >= 11 is 0. The van der Waals surface area contributed by atoms with Crippen LogP contribution in [0.15, 0.2) is 18.2 Å². The van der Waals surface area contributed by atoms with E-state index in [-0.39, 0.29) is 12.0 Å². The Morgan fingerprint density at radius 2 is 2.09 bits per heavy atom. The lowest BCUT2D eigenvalue weighted by atomic mass is 10.1. The highest BCUT2D eigenvalue weighted by atomic mass is 16.5. The van der Waals surface area contributed by atoms with Crippen LogP contribution in [-0.4, -0.2) is 58.3 Å². The topological polar surface area (TPSA) is 72.0 Å². The minimum atomic E-state index is -0.251. The Morgan fingerprint density at radius 3 is 2.77 bits per heavy atom. The third-order valence-corrected chi connectivity index (χ3v) is 3.81. The van der Waals surface area contributed by atoms with Crippen molar-refractivity contribution in [3.63, 3.8) is 0 Å². The molecule has 1 heterocycles. The number of aliphatic hydroxyl groups is 1. The lowest BCUT2D eigenvalue weighted by Crippen LogP contribution is -2.30. The number of rotatable bonds is 9. The Morgan fingerprint density at radius 1 is 1.23 bits per heavy atom. The molecule has 0 bridgehead atoms. The zero-order chi connectivity index (χ0) is 15.8. The average molecular weight is 310 g/mol. The molecule has 2 unspecified atom stereocenters. The Balaban J connectivity index is 1.83. The third-order valence-electron chi connectivity index (χ3n) is 3.81. The van der Waals surface area contributed by atoms with Gasteiger partial charge in [-0.15, -0.1) is 0 Å². The van der Waals surface area contributed by atoms with Crippen molar-refractivity contribution in [2.45, 2.75) is 12.6 Å². The molecule has 0 spiro atoms. The average Bonchev–Trinajstić information content (AvgIpc) is 2.94. The van der Waals surface area contributed by atoms with Gasteiger partial charge in [-0.25, -0.2) is 0 Å². The molecule has 1 saturated heterocycles. The van der Waals surface area contributed by atoms with E-state index >= 15 is 0 Å². The van der Waals surface area contributed by atoms with Gasteiger partial charge in [0.1, 0.15) is 6.61 Å². The van der Waals surface area contributed by atoms with Crippen molar-refractivity contribution < 1.29 is 19.3 Å². The van der Waals surface area contributed by atoms with Gasteiger partial charge in [-0.1, -0.05) is 6.07 Å². The first-order valence-electron chi connectivity index (χ1n) is 7.62. The van der Waals surface area contributed by atoms with E-state index in [0.717, 1.165) is 36.7 Å². The van der Waals surface area contributed by atoms with Crippen LogP contribution in [0, 0.1) is 5.92 Å². The van der Waals surface area contributed by atoms with Gasteiger partial charge in [0.05, 0.1) is 19.8 Å². The fraction of sp³-hybridized carbons (Fsp3) is 0.625. The zero-order valence-corrected chi connectivity index (χ0v) is 13.3. The predicted octanol–water partition coefficient (Wildman–Crippen LogP) is 0.390. The van der Waals surface area contributed by atoms with Crippen LogP contribution in [0.5, 0.6) is 11.5 Å². The van der Waals surface area contributed by atoms with Crippen molar-refractivity contribution in [1.82, 2.24) is 10.6 Å². The van der Waals surface area contributed by atoms with E-state index in [0.29, 0.717) is 19.8 Å². The van der Waals surface area contributed by atoms with Crippen molar-refractivity contribution >= 4 is 0 Å².